The second kappa shape index (κ2) is 4.98. The Morgan fingerprint density at radius 2 is 1.72 bits per heavy atom. The Morgan fingerprint density at radius 3 is 2.33 bits per heavy atom. The largest absolute Gasteiger partial charge is 0.478 e. The molecule has 18 heavy (non-hydrogen) atoms. The minimum absolute atomic E-state index is 0.166. The molecule has 1 atom stereocenters. The number of carbonyl (C=O) groups is 1. The van der Waals surface area contributed by atoms with Crippen LogP contribution in [0.15, 0.2) is 48.5 Å². The summed E-state index contributed by atoms with van der Waals surface area (Å²) in [7, 11) is 0. The Hall–Kier alpha value is -2.20. The van der Waals surface area contributed by atoms with Crippen molar-refractivity contribution in [3.8, 4) is 0 Å². The molecule has 2 aromatic carbocycles. The predicted molar refractivity (Wildman–Crippen MR) is 65.8 cm³/mol. The van der Waals surface area contributed by atoms with Crippen LogP contribution in [-0.4, -0.2) is 11.1 Å². The van der Waals surface area contributed by atoms with Crippen LogP contribution in [0.5, 0.6) is 0 Å². The van der Waals surface area contributed by atoms with E-state index in [1.54, 1.807) is 24.3 Å². The number of hydrogen-bond donors (Lipinski definition) is 2. The smallest absolute Gasteiger partial charge is 0.335 e. The molecule has 0 spiro atoms. The molecular weight excluding hydrogens is 233 g/mol. The van der Waals surface area contributed by atoms with E-state index in [0.717, 1.165) is 0 Å². The normalized spacial score (nSPS) is 12.1. The van der Waals surface area contributed by atoms with Gasteiger partial charge in [-0.3, -0.25) is 0 Å². The lowest BCUT2D eigenvalue weighted by Crippen LogP contribution is -2.12. The Bertz CT molecular complexity index is 584. The van der Waals surface area contributed by atoms with Gasteiger partial charge in [-0.05, 0) is 35.4 Å². The molecule has 0 aliphatic rings. The molecule has 0 radical (unpaired) electrons. The minimum atomic E-state index is -1.01. The van der Waals surface area contributed by atoms with E-state index in [2.05, 4.69) is 0 Å². The van der Waals surface area contributed by atoms with Crippen molar-refractivity contribution in [2.75, 3.05) is 0 Å². The quantitative estimate of drug-likeness (QED) is 0.873. The fourth-order valence-electron chi connectivity index (χ4n) is 1.76. The van der Waals surface area contributed by atoms with E-state index in [9.17, 15) is 9.18 Å². The number of benzene rings is 2. The fourth-order valence-corrected chi connectivity index (χ4v) is 1.76. The van der Waals surface area contributed by atoms with E-state index < -0.39 is 12.0 Å². The molecule has 0 aliphatic carbocycles. The van der Waals surface area contributed by atoms with Crippen molar-refractivity contribution in [2.45, 2.75) is 6.04 Å². The van der Waals surface area contributed by atoms with Gasteiger partial charge >= 0.3 is 5.97 Å². The number of halogens is 1. The molecule has 0 amide bonds. The summed E-state index contributed by atoms with van der Waals surface area (Å²) in [5, 5.41) is 8.90. The van der Waals surface area contributed by atoms with E-state index in [-0.39, 0.29) is 11.4 Å². The molecule has 0 fully saturated rings. The van der Waals surface area contributed by atoms with Gasteiger partial charge in [0, 0.05) is 0 Å². The van der Waals surface area contributed by atoms with Crippen LogP contribution in [0.25, 0.3) is 0 Å². The zero-order chi connectivity index (χ0) is 13.1. The highest BCUT2D eigenvalue weighted by molar-refractivity contribution is 5.87. The maximum Gasteiger partial charge on any atom is 0.335 e. The van der Waals surface area contributed by atoms with Crippen LogP contribution >= 0.6 is 0 Å². The van der Waals surface area contributed by atoms with E-state index in [0.29, 0.717) is 11.1 Å². The monoisotopic (exact) mass is 245 g/mol. The molecule has 0 aliphatic heterocycles. The SMILES string of the molecule is NC(c1cccc(F)c1)c1cccc(C(=O)O)c1. The summed E-state index contributed by atoms with van der Waals surface area (Å²) in [6, 6.07) is 11.8. The molecule has 4 heteroatoms. The first-order chi connectivity index (χ1) is 8.58. The van der Waals surface area contributed by atoms with E-state index in [4.69, 9.17) is 10.8 Å². The van der Waals surface area contributed by atoms with Crippen molar-refractivity contribution in [1.82, 2.24) is 0 Å². The maximum atomic E-state index is 13.1. The standard InChI is InChI=1S/C14H12FNO2/c15-12-6-2-4-10(8-12)13(16)9-3-1-5-11(7-9)14(17)18/h1-8,13H,16H2,(H,17,18). The average Bonchev–Trinajstić information content (AvgIpc) is 2.38. The van der Waals surface area contributed by atoms with Gasteiger partial charge in [0.2, 0.25) is 0 Å². The lowest BCUT2D eigenvalue weighted by molar-refractivity contribution is 0.0696. The number of rotatable bonds is 3. The second-order valence-corrected chi connectivity index (χ2v) is 3.96. The van der Waals surface area contributed by atoms with Crippen LogP contribution in [0.2, 0.25) is 0 Å². The highest BCUT2D eigenvalue weighted by Gasteiger charge is 2.11. The molecule has 0 bridgehead atoms. The van der Waals surface area contributed by atoms with Crippen molar-refractivity contribution in [2.24, 2.45) is 5.73 Å². The predicted octanol–water partition coefficient (Wildman–Crippen LogP) is 2.57. The highest BCUT2D eigenvalue weighted by atomic mass is 19.1. The van der Waals surface area contributed by atoms with Gasteiger partial charge in [0.25, 0.3) is 0 Å². The molecular formula is C14H12FNO2. The lowest BCUT2D eigenvalue weighted by Gasteiger charge is -2.13. The van der Waals surface area contributed by atoms with Crippen molar-refractivity contribution < 1.29 is 14.3 Å². The number of aromatic carboxylic acids is 1. The molecule has 1 unspecified atom stereocenters. The van der Waals surface area contributed by atoms with E-state index >= 15 is 0 Å². The van der Waals surface area contributed by atoms with Gasteiger partial charge in [-0.25, -0.2) is 9.18 Å². The lowest BCUT2D eigenvalue weighted by atomic mass is 9.98. The Balaban J connectivity index is 2.36. The van der Waals surface area contributed by atoms with Gasteiger partial charge in [-0.2, -0.15) is 0 Å². The third-order valence-electron chi connectivity index (χ3n) is 2.70. The first-order valence-corrected chi connectivity index (χ1v) is 5.42. The molecule has 3 N–H and O–H groups in total. The number of carboxylic acids is 1. The highest BCUT2D eigenvalue weighted by Crippen LogP contribution is 2.21. The van der Waals surface area contributed by atoms with Gasteiger partial charge in [0.05, 0.1) is 11.6 Å². The topological polar surface area (TPSA) is 63.3 Å². The molecule has 2 aromatic rings. The fraction of sp³-hybridized carbons (Fsp3) is 0.0714. The maximum absolute atomic E-state index is 13.1. The third-order valence-corrected chi connectivity index (χ3v) is 2.70. The van der Waals surface area contributed by atoms with Crippen LogP contribution in [0.1, 0.15) is 27.5 Å². The Kier molecular flexibility index (Phi) is 3.39. The number of carboxylic acid groups (broad SMARTS) is 1. The van der Waals surface area contributed by atoms with Crippen molar-refractivity contribution in [1.29, 1.82) is 0 Å². The van der Waals surface area contributed by atoms with Gasteiger partial charge in [-0.15, -0.1) is 0 Å². The Labute approximate surface area is 104 Å². The van der Waals surface area contributed by atoms with Crippen molar-refractivity contribution >= 4 is 5.97 Å². The third kappa shape index (κ3) is 2.55. The van der Waals surface area contributed by atoms with Crippen molar-refractivity contribution in [3.63, 3.8) is 0 Å². The van der Waals surface area contributed by atoms with Crippen LogP contribution < -0.4 is 5.73 Å². The second-order valence-electron chi connectivity index (χ2n) is 3.96. The van der Waals surface area contributed by atoms with Crippen LogP contribution in [-0.2, 0) is 0 Å². The van der Waals surface area contributed by atoms with Crippen molar-refractivity contribution in [3.05, 3.63) is 71.0 Å². The Morgan fingerprint density at radius 1 is 1.11 bits per heavy atom. The molecule has 92 valence electrons. The molecule has 0 heterocycles. The van der Waals surface area contributed by atoms with Crippen LogP contribution in [0.4, 0.5) is 4.39 Å². The number of hydrogen-bond acceptors (Lipinski definition) is 2. The van der Waals surface area contributed by atoms with Crippen LogP contribution in [0, 0.1) is 5.82 Å². The molecule has 3 nitrogen and oxygen atoms in total. The summed E-state index contributed by atoms with van der Waals surface area (Å²) in [5.74, 6) is -1.37. The summed E-state index contributed by atoms with van der Waals surface area (Å²) < 4.78 is 13.1. The van der Waals surface area contributed by atoms with E-state index in [1.165, 1.54) is 24.3 Å². The average molecular weight is 245 g/mol. The van der Waals surface area contributed by atoms with Gasteiger partial charge < -0.3 is 10.8 Å². The summed E-state index contributed by atoms with van der Waals surface area (Å²) in [4.78, 5) is 10.9. The van der Waals surface area contributed by atoms with Gasteiger partial charge in [0.1, 0.15) is 5.82 Å². The summed E-state index contributed by atoms with van der Waals surface area (Å²) in [5.41, 5.74) is 7.41. The molecule has 2 rings (SSSR count). The summed E-state index contributed by atoms with van der Waals surface area (Å²) >= 11 is 0. The first kappa shape index (κ1) is 12.3. The number of nitrogens with two attached hydrogens (primary N) is 1. The summed E-state index contributed by atoms with van der Waals surface area (Å²) in [6.07, 6.45) is 0. The summed E-state index contributed by atoms with van der Waals surface area (Å²) in [6.45, 7) is 0. The molecule has 0 saturated heterocycles. The van der Waals surface area contributed by atoms with Gasteiger partial charge in [-0.1, -0.05) is 24.3 Å². The molecule has 0 aromatic heterocycles. The van der Waals surface area contributed by atoms with Gasteiger partial charge in [0.15, 0.2) is 0 Å². The molecule has 0 saturated carbocycles. The zero-order valence-corrected chi connectivity index (χ0v) is 9.51. The van der Waals surface area contributed by atoms with Crippen LogP contribution in [0.3, 0.4) is 0 Å². The van der Waals surface area contributed by atoms with E-state index in [1.807, 2.05) is 0 Å². The first-order valence-electron chi connectivity index (χ1n) is 5.42. The minimum Gasteiger partial charge on any atom is -0.478 e. The zero-order valence-electron chi connectivity index (χ0n) is 9.51.